The summed E-state index contributed by atoms with van der Waals surface area (Å²) in [6.45, 7) is 4.30. The van der Waals surface area contributed by atoms with Gasteiger partial charge in [0.15, 0.2) is 0 Å². The zero-order valence-electron chi connectivity index (χ0n) is 9.73. The van der Waals surface area contributed by atoms with Crippen LogP contribution in [0.15, 0.2) is 0 Å². The first kappa shape index (κ1) is 13.4. The van der Waals surface area contributed by atoms with Crippen LogP contribution in [0.1, 0.15) is 33.1 Å². The molecule has 2 N–H and O–H groups in total. The molecule has 1 saturated carbocycles. The van der Waals surface area contributed by atoms with Gasteiger partial charge in [0.25, 0.3) is 10.2 Å². The summed E-state index contributed by atoms with van der Waals surface area (Å²) in [6, 6.07) is 1.92. The van der Waals surface area contributed by atoms with Gasteiger partial charge in [-0.15, -0.1) is 0 Å². The number of nitrogens with zero attached hydrogens (tertiary/aromatic N) is 1. The van der Waals surface area contributed by atoms with E-state index in [0.29, 0.717) is 6.54 Å². The molecule has 0 amide bonds. The SMILES string of the molecule is CC(C)CNS(=O)(=O)NC1CCCC1C#N. The maximum absolute atomic E-state index is 11.6. The summed E-state index contributed by atoms with van der Waals surface area (Å²) >= 11 is 0. The van der Waals surface area contributed by atoms with Gasteiger partial charge in [0, 0.05) is 12.6 Å². The van der Waals surface area contributed by atoms with Crippen molar-refractivity contribution in [1.29, 1.82) is 5.26 Å². The van der Waals surface area contributed by atoms with Gasteiger partial charge in [-0.1, -0.05) is 20.3 Å². The Bertz CT molecular complexity index is 359. The monoisotopic (exact) mass is 245 g/mol. The quantitative estimate of drug-likeness (QED) is 0.750. The molecule has 0 aromatic heterocycles. The van der Waals surface area contributed by atoms with Crippen molar-refractivity contribution in [2.45, 2.75) is 39.2 Å². The topological polar surface area (TPSA) is 82.0 Å². The lowest BCUT2D eigenvalue weighted by atomic mass is 10.1. The van der Waals surface area contributed by atoms with Gasteiger partial charge in [0.1, 0.15) is 0 Å². The van der Waals surface area contributed by atoms with E-state index in [1.807, 2.05) is 13.8 Å². The van der Waals surface area contributed by atoms with Gasteiger partial charge in [-0.05, 0) is 18.8 Å². The fraction of sp³-hybridized carbons (Fsp3) is 0.900. The molecule has 1 rings (SSSR count). The Balaban J connectivity index is 2.49. The minimum absolute atomic E-state index is 0.185. The van der Waals surface area contributed by atoms with Gasteiger partial charge in [-0.3, -0.25) is 0 Å². The summed E-state index contributed by atoms with van der Waals surface area (Å²) in [4.78, 5) is 0. The Kier molecular flexibility index (Phi) is 4.71. The molecule has 1 aliphatic rings. The van der Waals surface area contributed by atoms with E-state index in [-0.39, 0.29) is 17.9 Å². The maximum atomic E-state index is 11.6. The molecule has 0 aliphatic heterocycles. The van der Waals surface area contributed by atoms with E-state index in [1.165, 1.54) is 0 Å². The van der Waals surface area contributed by atoms with Crippen LogP contribution < -0.4 is 9.44 Å². The van der Waals surface area contributed by atoms with E-state index in [4.69, 9.17) is 5.26 Å². The highest BCUT2D eigenvalue weighted by molar-refractivity contribution is 7.87. The second-order valence-electron chi connectivity index (χ2n) is 4.64. The summed E-state index contributed by atoms with van der Waals surface area (Å²) in [6.07, 6.45) is 2.45. The van der Waals surface area contributed by atoms with Crippen molar-refractivity contribution in [3.05, 3.63) is 0 Å². The highest BCUT2D eigenvalue weighted by atomic mass is 32.2. The molecule has 6 heteroatoms. The third kappa shape index (κ3) is 4.08. The first-order valence-corrected chi connectivity index (χ1v) is 7.09. The number of nitrogens with one attached hydrogen (secondary N) is 2. The van der Waals surface area contributed by atoms with Crippen LogP contribution in [0.3, 0.4) is 0 Å². The van der Waals surface area contributed by atoms with E-state index in [1.54, 1.807) is 0 Å². The van der Waals surface area contributed by atoms with Crippen molar-refractivity contribution in [3.63, 3.8) is 0 Å². The standard InChI is InChI=1S/C10H19N3O2S/c1-8(2)7-12-16(14,15)13-10-5-3-4-9(10)6-11/h8-10,12-13H,3-5,7H2,1-2H3. The van der Waals surface area contributed by atoms with Crippen molar-refractivity contribution in [1.82, 2.24) is 9.44 Å². The van der Waals surface area contributed by atoms with E-state index >= 15 is 0 Å². The van der Waals surface area contributed by atoms with E-state index < -0.39 is 10.2 Å². The zero-order chi connectivity index (χ0) is 12.2. The molecule has 1 aliphatic carbocycles. The molecule has 0 heterocycles. The molecular formula is C10H19N3O2S. The van der Waals surface area contributed by atoms with Crippen LogP contribution in [-0.2, 0) is 10.2 Å². The fourth-order valence-corrected chi connectivity index (χ4v) is 3.09. The largest absolute Gasteiger partial charge is 0.277 e. The first-order chi connectivity index (χ1) is 7.44. The third-order valence-electron chi connectivity index (χ3n) is 2.67. The molecule has 0 saturated heterocycles. The predicted octanol–water partition coefficient (Wildman–Crippen LogP) is 0.759. The van der Waals surface area contributed by atoms with Crippen molar-refractivity contribution < 1.29 is 8.42 Å². The number of nitriles is 1. The van der Waals surface area contributed by atoms with Crippen LogP contribution in [0.4, 0.5) is 0 Å². The summed E-state index contributed by atoms with van der Waals surface area (Å²) in [5.74, 6) is 0.0857. The summed E-state index contributed by atoms with van der Waals surface area (Å²) < 4.78 is 28.3. The van der Waals surface area contributed by atoms with Crippen LogP contribution in [0.2, 0.25) is 0 Å². The summed E-state index contributed by atoms with van der Waals surface area (Å²) in [7, 11) is -3.45. The normalized spacial score (nSPS) is 25.9. The molecule has 2 atom stereocenters. The van der Waals surface area contributed by atoms with Crippen molar-refractivity contribution in [2.75, 3.05) is 6.54 Å². The van der Waals surface area contributed by atoms with E-state index in [2.05, 4.69) is 15.5 Å². The minimum Gasteiger partial charge on any atom is -0.202 e. The Morgan fingerprint density at radius 2 is 2.12 bits per heavy atom. The van der Waals surface area contributed by atoms with Crippen LogP contribution >= 0.6 is 0 Å². The highest BCUT2D eigenvalue weighted by Gasteiger charge is 2.30. The average Bonchev–Trinajstić information content (AvgIpc) is 2.61. The molecule has 16 heavy (non-hydrogen) atoms. The van der Waals surface area contributed by atoms with Crippen LogP contribution in [-0.4, -0.2) is 21.0 Å². The van der Waals surface area contributed by atoms with Crippen LogP contribution in [0.5, 0.6) is 0 Å². The summed E-state index contributed by atoms with van der Waals surface area (Å²) in [5, 5.41) is 8.85. The minimum atomic E-state index is -3.45. The molecular weight excluding hydrogens is 226 g/mol. The number of hydrogen-bond donors (Lipinski definition) is 2. The lowest BCUT2D eigenvalue weighted by molar-refractivity contribution is 0.499. The van der Waals surface area contributed by atoms with Gasteiger partial charge >= 0.3 is 0 Å². The Hall–Kier alpha value is -0.640. The van der Waals surface area contributed by atoms with Gasteiger partial charge < -0.3 is 0 Å². The van der Waals surface area contributed by atoms with Crippen molar-refractivity contribution >= 4 is 10.2 Å². The molecule has 5 nitrogen and oxygen atoms in total. The van der Waals surface area contributed by atoms with Crippen LogP contribution in [0.25, 0.3) is 0 Å². The number of rotatable bonds is 5. The molecule has 1 fully saturated rings. The average molecular weight is 245 g/mol. The van der Waals surface area contributed by atoms with Crippen molar-refractivity contribution in [2.24, 2.45) is 11.8 Å². The molecule has 0 aromatic rings. The molecule has 0 radical (unpaired) electrons. The smallest absolute Gasteiger partial charge is 0.202 e. The second kappa shape index (κ2) is 5.62. The Morgan fingerprint density at radius 1 is 1.44 bits per heavy atom. The third-order valence-corrected chi connectivity index (χ3v) is 3.83. The van der Waals surface area contributed by atoms with Gasteiger partial charge in [0.05, 0.1) is 12.0 Å². The van der Waals surface area contributed by atoms with Crippen molar-refractivity contribution in [3.8, 4) is 6.07 Å². The second-order valence-corrected chi connectivity index (χ2v) is 6.17. The maximum Gasteiger partial charge on any atom is 0.277 e. The lowest BCUT2D eigenvalue weighted by Gasteiger charge is -2.16. The first-order valence-electron chi connectivity index (χ1n) is 5.61. The highest BCUT2D eigenvalue weighted by Crippen LogP contribution is 2.25. The molecule has 92 valence electrons. The van der Waals surface area contributed by atoms with E-state index in [9.17, 15) is 8.42 Å². The van der Waals surface area contributed by atoms with E-state index in [0.717, 1.165) is 19.3 Å². The molecule has 0 spiro atoms. The zero-order valence-corrected chi connectivity index (χ0v) is 10.5. The molecule has 0 bridgehead atoms. The molecule has 2 unspecified atom stereocenters. The predicted molar refractivity (Wildman–Crippen MR) is 61.6 cm³/mol. The number of hydrogen-bond acceptors (Lipinski definition) is 3. The Morgan fingerprint density at radius 3 is 2.69 bits per heavy atom. The fourth-order valence-electron chi connectivity index (χ4n) is 1.77. The summed E-state index contributed by atoms with van der Waals surface area (Å²) in [5.41, 5.74) is 0. The Labute approximate surface area is 97.4 Å². The van der Waals surface area contributed by atoms with Gasteiger partial charge in [-0.25, -0.2) is 4.72 Å². The lowest BCUT2D eigenvalue weighted by Crippen LogP contribution is -2.44. The van der Waals surface area contributed by atoms with Crippen LogP contribution in [0, 0.1) is 23.2 Å². The molecule has 0 aromatic carbocycles. The van der Waals surface area contributed by atoms with Gasteiger partial charge in [0.2, 0.25) is 0 Å². The van der Waals surface area contributed by atoms with Gasteiger partial charge in [-0.2, -0.15) is 18.4 Å².